The maximum Gasteiger partial charge on any atom is 0.109 e. The summed E-state index contributed by atoms with van der Waals surface area (Å²) < 4.78 is 0. The molecule has 2 atom stereocenters. The minimum absolute atomic E-state index is 0.491. The highest BCUT2D eigenvalue weighted by molar-refractivity contribution is 5.60. The van der Waals surface area contributed by atoms with Gasteiger partial charge in [-0.05, 0) is 23.3 Å². The molecule has 3 heteroatoms. The Kier molecular flexibility index (Phi) is 2.08. The third-order valence-electron chi connectivity index (χ3n) is 2.33. The monoisotopic (exact) mass is 187 g/mol. The van der Waals surface area contributed by atoms with Crippen LogP contribution in [0, 0.1) is 11.3 Å². The number of aliphatic hydroxyl groups excluding tert-OH is 2. The van der Waals surface area contributed by atoms with Gasteiger partial charge in [-0.1, -0.05) is 18.2 Å². The molecular formula is C11H9NO2. The summed E-state index contributed by atoms with van der Waals surface area (Å²) in [6.45, 7) is 0. The smallest absolute Gasteiger partial charge is 0.109 e. The molecule has 0 spiro atoms. The molecule has 1 aliphatic rings. The third kappa shape index (κ3) is 1.31. The van der Waals surface area contributed by atoms with Crippen LogP contribution in [0.25, 0.3) is 6.08 Å². The zero-order valence-electron chi connectivity index (χ0n) is 7.38. The van der Waals surface area contributed by atoms with Gasteiger partial charge in [0.15, 0.2) is 0 Å². The molecule has 1 aromatic rings. The molecule has 0 fully saturated rings. The summed E-state index contributed by atoms with van der Waals surface area (Å²) in [6.07, 6.45) is 1.48. The molecule has 0 aliphatic heterocycles. The minimum Gasteiger partial charge on any atom is -0.386 e. The van der Waals surface area contributed by atoms with Crippen molar-refractivity contribution in [1.29, 1.82) is 5.26 Å². The van der Waals surface area contributed by atoms with E-state index in [9.17, 15) is 10.2 Å². The van der Waals surface area contributed by atoms with Crippen molar-refractivity contribution in [2.45, 2.75) is 12.2 Å². The Bertz CT molecular complexity index is 431. The second kappa shape index (κ2) is 3.26. The standard InChI is InChI=1S/C11H9NO2/c12-6-7-1-2-8-3-4-10(13)11(14)9(8)5-7/h1-5,10-11,13-14H. The Labute approximate surface area is 81.5 Å². The van der Waals surface area contributed by atoms with Gasteiger partial charge in [0.05, 0.1) is 11.6 Å². The fourth-order valence-corrected chi connectivity index (χ4v) is 1.54. The van der Waals surface area contributed by atoms with Crippen LogP contribution in [-0.2, 0) is 0 Å². The highest BCUT2D eigenvalue weighted by atomic mass is 16.3. The number of fused-ring (bicyclic) bond motifs is 1. The molecule has 2 rings (SSSR count). The van der Waals surface area contributed by atoms with Crippen molar-refractivity contribution in [3.8, 4) is 6.07 Å². The van der Waals surface area contributed by atoms with Crippen molar-refractivity contribution >= 4 is 6.08 Å². The van der Waals surface area contributed by atoms with Crippen LogP contribution in [0.2, 0.25) is 0 Å². The number of nitrogens with zero attached hydrogens (tertiary/aromatic N) is 1. The van der Waals surface area contributed by atoms with Crippen molar-refractivity contribution in [2.75, 3.05) is 0 Å². The van der Waals surface area contributed by atoms with Gasteiger partial charge < -0.3 is 10.2 Å². The molecule has 0 amide bonds. The SMILES string of the molecule is N#Cc1ccc2c(c1)C(O)C(O)C=C2. The molecule has 70 valence electrons. The number of benzene rings is 1. The van der Waals surface area contributed by atoms with Crippen LogP contribution in [0.15, 0.2) is 24.3 Å². The van der Waals surface area contributed by atoms with Gasteiger partial charge in [0, 0.05) is 0 Å². The zero-order chi connectivity index (χ0) is 10.1. The summed E-state index contributed by atoms with van der Waals surface area (Å²) in [5, 5.41) is 27.7. The van der Waals surface area contributed by atoms with Crippen molar-refractivity contribution in [3.63, 3.8) is 0 Å². The van der Waals surface area contributed by atoms with Crippen LogP contribution >= 0.6 is 0 Å². The van der Waals surface area contributed by atoms with Crippen molar-refractivity contribution in [1.82, 2.24) is 0 Å². The Hall–Kier alpha value is -1.63. The molecule has 0 bridgehead atoms. The summed E-state index contributed by atoms with van der Waals surface area (Å²) in [5.74, 6) is 0. The van der Waals surface area contributed by atoms with E-state index >= 15 is 0 Å². The van der Waals surface area contributed by atoms with Gasteiger partial charge in [0.1, 0.15) is 12.2 Å². The number of hydrogen-bond donors (Lipinski definition) is 2. The molecule has 0 saturated heterocycles. The van der Waals surface area contributed by atoms with E-state index in [2.05, 4.69) is 0 Å². The number of aliphatic hydroxyl groups is 2. The first-order chi connectivity index (χ1) is 6.72. The lowest BCUT2D eigenvalue weighted by atomic mass is 9.92. The van der Waals surface area contributed by atoms with Gasteiger partial charge in [0.2, 0.25) is 0 Å². The average molecular weight is 187 g/mol. The van der Waals surface area contributed by atoms with E-state index in [-0.39, 0.29) is 0 Å². The normalized spacial score (nSPS) is 24.1. The molecule has 0 aromatic heterocycles. The largest absolute Gasteiger partial charge is 0.386 e. The van der Waals surface area contributed by atoms with Crippen molar-refractivity contribution < 1.29 is 10.2 Å². The quantitative estimate of drug-likeness (QED) is 0.636. The molecule has 0 saturated carbocycles. The van der Waals surface area contributed by atoms with E-state index in [1.54, 1.807) is 30.4 Å². The molecule has 14 heavy (non-hydrogen) atoms. The fourth-order valence-electron chi connectivity index (χ4n) is 1.54. The van der Waals surface area contributed by atoms with Gasteiger partial charge in [-0.3, -0.25) is 0 Å². The summed E-state index contributed by atoms with van der Waals surface area (Å²) >= 11 is 0. The van der Waals surface area contributed by atoms with Crippen molar-refractivity contribution in [3.05, 3.63) is 41.0 Å². The molecular weight excluding hydrogens is 178 g/mol. The minimum atomic E-state index is -0.928. The van der Waals surface area contributed by atoms with Crippen molar-refractivity contribution in [2.24, 2.45) is 0 Å². The lowest BCUT2D eigenvalue weighted by Crippen LogP contribution is -2.19. The lowest BCUT2D eigenvalue weighted by molar-refractivity contribution is 0.0470. The van der Waals surface area contributed by atoms with Crippen LogP contribution in [0.1, 0.15) is 22.8 Å². The van der Waals surface area contributed by atoms with Gasteiger partial charge in [-0.15, -0.1) is 0 Å². The lowest BCUT2D eigenvalue weighted by Gasteiger charge is -2.21. The number of rotatable bonds is 0. The van der Waals surface area contributed by atoms with Gasteiger partial charge in [-0.2, -0.15) is 5.26 Å². The highest BCUT2D eigenvalue weighted by Gasteiger charge is 2.22. The maximum absolute atomic E-state index is 9.64. The third-order valence-corrected chi connectivity index (χ3v) is 2.33. The van der Waals surface area contributed by atoms with Crippen LogP contribution < -0.4 is 0 Å². The Morgan fingerprint density at radius 3 is 2.79 bits per heavy atom. The predicted molar refractivity (Wildman–Crippen MR) is 51.2 cm³/mol. The molecule has 1 aromatic carbocycles. The summed E-state index contributed by atoms with van der Waals surface area (Å²) in [7, 11) is 0. The summed E-state index contributed by atoms with van der Waals surface area (Å²) in [6, 6.07) is 7.05. The van der Waals surface area contributed by atoms with Crippen LogP contribution in [0.4, 0.5) is 0 Å². The van der Waals surface area contributed by atoms with E-state index in [0.29, 0.717) is 11.1 Å². The molecule has 0 heterocycles. The topological polar surface area (TPSA) is 64.2 Å². The first-order valence-corrected chi connectivity index (χ1v) is 4.31. The predicted octanol–water partition coefficient (Wildman–Crippen LogP) is 0.979. The van der Waals surface area contributed by atoms with Gasteiger partial charge in [0.25, 0.3) is 0 Å². The van der Waals surface area contributed by atoms with Crippen LogP contribution in [0.5, 0.6) is 0 Å². The molecule has 2 N–H and O–H groups in total. The van der Waals surface area contributed by atoms with E-state index < -0.39 is 12.2 Å². The average Bonchev–Trinajstić information content (AvgIpc) is 2.23. The summed E-state index contributed by atoms with van der Waals surface area (Å²) in [4.78, 5) is 0. The van der Waals surface area contributed by atoms with Gasteiger partial charge in [-0.25, -0.2) is 0 Å². The fraction of sp³-hybridized carbons (Fsp3) is 0.182. The first-order valence-electron chi connectivity index (χ1n) is 4.31. The number of nitriles is 1. The second-order valence-electron chi connectivity index (χ2n) is 3.25. The maximum atomic E-state index is 9.64. The Morgan fingerprint density at radius 1 is 1.29 bits per heavy atom. The van der Waals surface area contributed by atoms with Crippen LogP contribution in [0.3, 0.4) is 0 Å². The molecule has 1 aliphatic carbocycles. The number of hydrogen-bond acceptors (Lipinski definition) is 3. The van der Waals surface area contributed by atoms with E-state index in [1.807, 2.05) is 6.07 Å². The first kappa shape index (κ1) is 8.95. The van der Waals surface area contributed by atoms with Crippen LogP contribution in [-0.4, -0.2) is 16.3 Å². The zero-order valence-corrected chi connectivity index (χ0v) is 7.38. The molecule has 0 radical (unpaired) electrons. The second-order valence-corrected chi connectivity index (χ2v) is 3.25. The summed E-state index contributed by atoms with van der Waals surface area (Å²) in [5.41, 5.74) is 1.95. The Balaban J connectivity index is 2.55. The van der Waals surface area contributed by atoms with E-state index in [0.717, 1.165) is 5.56 Å². The molecule has 2 unspecified atom stereocenters. The molecule has 3 nitrogen and oxygen atoms in total. The Morgan fingerprint density at radius 2 is 2.07 bits per heavy atom. The highest BCUT2D eigenvalue weighted by Crippen LogP contribution is 2.28. The van der Waals surface area contributed by atoms with E-state index in [1.165, 1.54) is 0 Å². The van der Waals surface area contributed by atoms with E-state index in [4.69, 9.17) is 5.26 Å². The van der Waals surface area contributed by atoms with Gasteiger partial charge >= 0.3 is 0 Å².